The van der Waals surface area contributed by atoms with Crippen molar-refractivity contribution in [3.63, 3.8) is 0 Å². The molecule has 0 aromatic carbocycles. The lowest BCUT2D eigenvalue weighted by molar-refractivity contribution is 0.447. The van der Waals surface area contributed by atoms with E-state index in [2.05, 4.69) is 51.9 Å². The largest absolute Gasteiger partial charge is 0.259 e. The van der Waals surface area contributed by atoms with Gasteiger partial charge in [0, 0.05) is 27.2 Å². The maximum atomic E-state index is 12.4. The molecule has 2 atom stereocenters. The van der Waals surface area contributed by atoms with E-state index in [4.69, 9.17) is 0 Å². The van der Waals surface area contributed by atoms with E-state index in [1.165, 1.54) is 25.7 Å². The second kappa shape index (κ2) is 6.59. The van der Waals surface area contributed by atoms with E-state index in [9.17, 15) is 4.21 Å². The first-order chi connectivity index (χ1) is 8.59. The lowest BCUT2D eigenvalue weighted by Gasteiger charge is -2.24. The molecule has 0 radical (unpaired) electrons. The Morgan fingerprint density at radius 3 is 2.16 bits per heavy atom. The summed E-state index contributed by atoms with van der Waals surface area (Å²) in [4.78, 5) is 0. The van der Waals surface area contributed by atoms with Crippen LogP contribution in [0.3, 0.4) is 0 Å². The lowest BCUT2D eigenvalue weighted by Crippen LogP contribution is -2.30. The van der Waals surface area contributed by atoms with Gasteiger partial charge in [0.15, 0.2) is 0 Å². The Morgan fingerprint density at radius 1 is 1.21 bits per heavy atom. The summed E-state index contributed by atoms with van der Waals surface area (Å²) in [6, 6.07) is 0. The monoisotopic (exact) mass is 298 g/mol. The van der Waals surface area contributed by atoms with Crippen LogP contribution in [0.25, 0.3) is 0 Å². The summed E-state index contributed by atoms with van der Waals surface area (Å²) in [7, 11) is -2.11. The highest BCUT2D eigenvalue weighted by atomic mass is 32.2. The van der Waals surface area contributed by atoms with Crippen molar-refractivity contribution in [3.8, 4) is 11.5 Å². The van der Waals surface area contributed by atoms with Crippen molar-refractivity contribution >= 4 is 18.9 Å². The molecule has 1 aliphatic carbocycles. The van der Waals surface area contributed by atoms with E-state index in [0.717, 1.165) is 5.75 Å². The molecular weight excluding hydrogens is 268 g/mol. The van der Waals surface area contributed by atoms with Gasteiger partial charge < -0.3 is 0 Å². The van der Waals surface area contributed by atoms with Crippen molar-refractivity contribution in [3.05, 3.63) is 0 Å². The second-order valence-electron chi connectivity index (χ2n) is 7.79. The fraction of sp³-hybridized carbons (Fsp3) is 0.875. The third-order valence-corrected chi connectivity index (χ3v) is 6.54. The molecule has 1 nitrogen and oxygen atoms in total. The molecule has 0 aromatic rings. The highest BCUT2D eigenvalue weighted by Gasteiger charge is 2.29. The molecular formula is C16H30OSSi. The zero-order valence-electron chi connectivity index (χ0n) is 13.5. The van der Waals surface area contributed by atoms with Crippen LogP contribution >= 0.6 is 0 Å². The van der Waals surface area contributed by atoms with Crippen molar-refractivity contribution in [2.75, 3.05) is 5.75 Å². The number of hydrogen-bond acceptors (Lipinski definition) is 1. The smallest absolute Gasteiger partial charge is 0.129 e. The first-order valence-corrected chi connectivity index (χ1v) is 12.3. The van der Waals surface area contributed by atoms with E-state index in [0.29, 0.717) is 11.8 Å². The van der Waals surface area contributed by atoms with Crippen LogP contribution in [0.5, 0.6) is 0 Å². The van der Waals surface area contributed by atoms with Gasteiger partial charge in [-0.2, -0.15) is 0 Å². The minimum Gasteiger partial charge on any atom is -0.259 e. The SMILES string of the molecule is CC(C)(C)[S@](=O)C[C@H](C#C[Si](C)(C)C)C1CCCC1. The van der Waals surface area contributed by atoms with Gasteiger partial charge in [0.2, 0.25) is 0 Å². The van der Waals surface area contributed by atoms with Gasteiger partial charge in [-0.25, -0.2) is 0 Å². The lowest BCUT2D eigenvalue weighted by atomic mass is 9.93. The average Bonchev–Trinajstić information content (AvgIpc) is 2.74. The van der Waals surface area contributed by atoms with Crippen LogP contribution < -0.4 is 0 Å². The molecule has 1 aliphatic rings. The van der Waals surface area contributed by atoms with Crippen LogP contribution in [0.1, 0.15) is 46.5 Å². The molecule has 0 unspecified atom stereocenters. The Balaban J connectivity index is 2.80. The zero-order chi connectivity index (χ0) is 14.7. The van der Waals surface area contributed by atoms with Gasteiger partial charge in [0.1, 0.15) is 8.07 Å². The van der Waals surface area contributed by atoms with Crippen molar-refractivity contribution in [2.24, 2.45) is 11.8 Å². The van der Waals surface area contributed by atoms with Gasteiger partial charge in [-0.15, -0.1) is 11.5 Å². The molecule has 0 bridgehead atoms. The van der Waals surface area contributed by atoms with Crippen molar-refractivity contribution in [1.82, 2.24) is 0 Å². The molecule has 3 heteroatoms. The fourth-order valence-corrected chi connectivity index (χ4v) is 4.18. The second-order valence-corrected chi connectivity index (χ2v) is 14.8. The Labute approximate surface area is 123 Å². The molecule has 0 aromatic heterocycles. The Kier molecular flexibility index (Phi) is 5.89. The number of rotatable bonds is 3. The van der Waals surface area contributed by atoms with Crippen LogP contribution in [0.15, 0.2) is 0 Å². The van der Waals surface area contributed by atoms with Gasteiger partial charge in [-0.1, -0.05) is 32.5 Å². The Bertz CT molecular complexity index is 372. The van der Waals surface area contributed by atoms with Gasteiger partial charge in [0.25, 0.3) is 0 Å². The van der Waals surface area contributed by atoms with E-state index < -0.39 is 18.9 Å². The summed E-state index contributed by atoms with van der Waals surface area (Å²) in [5, 5.41) is 0. The third kappa shape index (κ3) is 6.27. The Hall–Kier alpha value is -0.0731. The van der Waals surface area contributed by atoms with E-state index in [1.807, 2.05) is 0 Å². The van der Waals surface area contributed by atoms with Crippen LogP contribution in [0.4, 0.5) is 0 Å². The van der Waals surface area contributed by atoms with E-state index in [1.54, 1.807) is 0 Å². The summed E-state index contributed by atoms with van der Waals surface area (Å²) in [6.07, 6.45) is 5.23. The molecule has 0 spiro atoms. The van der Waals surface area contributed by atoms with Crippen molar-refractivity contribution in [2.45, 2.75) is 70.8 Å². The highest BCUT2D eigenvalue weighted by molar-refractivity contribution is 7.86. The van der Waals surface area contributed by atoms with Crippen LogP contribution in [0.2, 0.25) is 19.6 Å². The van der Waals surface area contributed by atoms with Gasteiger partial charge in [-0.3, -0.25) is 4.21 Å². The normalized spacial score (nSPS) is 20.7. The Morgan fingerprint density at radius 2 is 1.74 bits per heavy atom. The van der Waals surface area contributed by atoms with Crippen LogP contribution in [-0.4, -0.2) is 22.8 Å². The topological polar surface area (TPSA) is 17.1 Å². The van der Waals surface area contributed by atoms with E-state index in [-0.39, 0.29) is 4.75 Å². The quantitative estimate of drug-likeness (QED) is 0.563. The molecule has 0 aliphatic heterocycles. The molecule has 0 heterocycles. The number of hydrogen-bond donors (Lipinski definition) is 0. The molecule has 1 saturated carbocycles. The van der Waals surface area contributed by atoms with Gasteiger partial charge >= 0.3 is 0 Å². The summed E-state index contributed by atoms with van der Waals surface area (Å²) >= 11 is 0. The highest BCUT2D eigenvalue weighted by Crippen LogP contribution is 2.32. The van der Waals surface area contributed by atoms with Crippen molar-refractivity contribution < 1.29 is 4.21 Å². The maximum absolute atomic E-state index is 12.4. The zero-order valence-corrected chi connectivity index (χ0v) is 15.3. The minimum atomic E-state index is -1.33. The summed E-state index contributed by atoms with van der Waals surface area (Å²) < 4.78 is 12.3. The first-order valence-electron chi connectivity index (χ1n) is 7.51. The first kappa shape index (κ1) is 17.0. The summed E-state index contributed by atoms with van der Waals surface area (Å²) in [6.45, 7) is 13.1. The predicted molar refractivity (Wildman–Crippen MR) is 89.3 cm³/mol. The van der Waals surface area contributed by atoms with Crippen molar-refractivity contribution in [1.29, 1.82) is 0 Å². The molecule has 1 rings (SSSR count). The summed E-state index contributed by atoms with van der Waals surface area (Å²) in [5.74, 6) is 5.34. The van der Waals surface area contributed by atoms with Crippen LogP contribution in [-0.2, 0) is 10.8 Å². The average molecular weight is 299 g/mol. The van der Waals surface area contributed by atoms with Crippen LogP contribution in [0, 0.1) is 23.3 Å². The van der Waals surface area contributed by atoms with Gasteiger partial charge in [-0.05, 0) is 39.5 Å². The molecule has 110 valence electrons. The molecule has 0 saturated heterocycles. The molecule has 1 fully saturated rings. The minimum absolute atomic E-state index is 0.113. The molecule has 19 heavy (non-hydrogen) atoms. The molecule has 0 amide bonds. The van der Waals surface area contributed by atoms with Gasteiger partial charge in [0.05, 0.1) is 0 Å². The maximum Gasteiger partial charge on any atom is 0.129 e. The standard InChI is InChI=1S/C16H30OSSi/c1-16(2,3)18(17)13-15(11-12-19(4,5)6)14-9-7-8-10-14/h14-15H,7-10,13H2,1-6H3/t15-,18+/m0/s1. The van der Waals surface area contributed by atoms with E-state index >= 15 is 0 Å². The molecule has 0 N–H and O–H groups in total. The predicted octanol–water partition coefficient (Wildman–Crippen LogP) is 4.22. The fourth-order valence-electron chi connectivity index (χ4n) is 2.38. The third-order valence-electron chi connectivity index (χ3n) is 3.62. The summed E-state index contributed by atoms with van der Waals surface area (Å²) in [5.41, 5.74) is 3.51.